The fraction of sp³-hybridized carbons (Fsp3) is 0.136. The first-order chi connectivity index (χ1) is 12.7. The van der Waals surface area contributed by atoms with Gasteiger partial charge in [0.2, 0.25) is 0 Å². The Balaban J connectivity index is 1.67. The number of rotatable bonds is 5. The first-order valence-corrected chi connectivity index (χ1v) is 8.57. The third kappa shape index (κ3) is 3.31. The number of aromatic nitrogens is 2. The maximum atomic E-state index is 13.1. The van der Waals surface area contributed by atoms with E-state index in [1.807, 2.05) is 24.3 Å². The van der Waals surface area contributed by atoms with Gasteiger partial charge in [-0.3, -0.25) is 4.98 Å². The highest BCUT2D eigenvalue weighted by Gasteiger charge is 2.13. The summed E-state index contributed by atoms with van der Waals surface area (Å²) in [7, 11) is 0. The number of halogens is 1. The van der Waals surface area contributed by atoms with Gasteiger partial charge in [0, 0.05) is 24.5 Å². The average molecular weight is 346 g/mol. The monoisotopic (exact) mass is 346 g/mol. The van der Waals surface area contributed by atoms with Crippen LogP contribution in [0.25, 0.3) is 11.0 Å². The molecule has 0 atom stereocenters. The quantitative estimate of drug-likeness (QED) is 0.502. The lowest BCUT2D eigenvalue weighted by atomic mass is 10.2. The number of nitrogens with zero attached hydrogens (tertiary/aromatic N) is 2. The maximum absolute atomic E-state index is 13.1. The lowest BCUT2D eigenvalue weighted by molar-refractivity contribution is 0.308. The van der Waals surface area contributed by atoms with Crippen molar-refractivity contribution in [1.82, 2.24) is 9.55 Å². The van der Waals surface area contributed by atoms with Crippen LogP contribution in [0.2, 0.25) is 0 Å². The van der Waals surface area contributed by atoms with E-state index in [4.69, 9.17) is 4.74 Å². The van der Waals surface area contributed by atoms with Crippen molar-refractivity contribution in [3.63, 3.8) is 0 Å². The van der Waals surface area contributed by atoms with Crippen molar-refractivity contribution >= 4 is 11.0 Å². The highest BCUT2D eigenvalue weighted by Crippen LogP contribution is 2.28. The van der Waals surface area contributed by atoms with E-state index in [2.05, 4.69) is 34.7 Å². The summed E-state index contributed by atoms with van der Waals surface area (Å²) >= 11 is 0. The Morgan fingerprint density at radius 3 is 2.50 bits per heavy atom. The molecule has 3 nitrogen and oxygen atoms in total. The summed E-state index contributed by atoms with van der Waals surface area (Å²) in [6.07, 6.45) is 1.76. The number of fused-ring (bicyclic) bond motifs is 1. The van der Waals surface area contributed by atoms with Gasteiger partial charge >= 0.3 is 0 Å². The molecule has 2 heterocycles. The van der Waals surface area contributed by atoms with Gasteiger partial charge in [-0.05, 0) is 36.2 Å². The molecule has 0 fully saturated rings. The first kappa shape index (κ1) is 16.3. The lowest BCUT2D eigenvalue weighted by Gasteiger charge is -2.13. The standard InChI is InChI=1S/C22H19FN2O/c1-16-13-20-22(25(16)14-17-5-3-2-4-6-17)21(11-12-24-20)26-15-18-7-9-19(23)10-8-18/h2-13H,14-15H2,1H3. The van der Waals surface area contributed by atoms with Crippen LogP contribution in [-0.2, 0) is 13.2 Å². The zero-order chi connectivity index (χ0) is 17.9. The molecule has 0 aliphatic rings. The molecule has 0 aliphatic heterocycles. The third-order valence-corrected chi connectivity index (χ3v) is 4.45. The van der Waals surface area contributed by atoms with Crippen LogP contribution < -0.4 is 4.74 Å². The van der Waals surface area contributed by atoms with E-state index in [1.54, 1.807) is 18.3 Å². The Morgan fingerprint density at radius 1 is 0.962 bits per heavy atom. The van der Waals surface area contributed by atoms with Gasteiger partial charge in [-0.2, -0.15) is 0 Å². The molecule has 4 rings (SSSR count). The Hall–Kier alpha value is -3.14. The van der Waals surface area contributed by atoms with E-state index in [9.17, 15) is 4.39 Å². The summed E-state index contributed by atoms with van der Waals surface area (Å²) in [6.45, 7) is 3.22. The van der Waals surface area contributed by atoms with Crippen LogP contribution in [0.1, 0.15) is 16.8 Å². The summed E-state index contributed by atoms with van der Waals surface area (Å²) in [4.78, 5) is 4.48. The van der Waals surface area contributed by atoms with E-state index in [0.29, 0.717) is 6.61 Å². The van der Waals surface area contributed by atoms with Gasteiger partial charge < -0.3 is 9.30 Å². The SMILES string of the molecule is Cc1cc2nccc(OCc3ccc(F)cc3)c2n1Cc1ccccc1. The zero-order valence-electron chi connectivity index (χ0n) is 14.5. The topological polar surface area (TPSA) is 27.1 Å². The number of benzene rings is 2. The summed E-state index contributed by atoms with van der Waals surface area (Å²) in [5.41, 5.74) is 5.18. The highest BCUT2D eigenvalue weighted by atomic mass is 19.1. The van der Waals surface area contributed by atoms with Gasteiger partial charge in [0.15, 0.2) is 0 Å². The van der Waals surface area contributed by atoms with Crippen LogP contribution in [0, 0.1) is 12.7 Å². The molecule has 0 N–H and O–H groups in total. The Kier molecular flexibility index (Phi) is 4.40. The van der Waals surface area contributed by atoms with E-state index in [-0.39, 0.29) is 5.82 Å². The first-order valence-electron chi connectivity index (χ1n) is 8.57. The molecular formula is C22H19FN2O. The number of ether oxygens (including phenoxy) is 1. The molecule has 0 saturated heterocycles. The van der Waals surface area contributed by atoms with Gasteiger partial charge in [0.1, 0.15) is 23.7 Å². The smallest absolute Gasteiger partial charge is 0.147 e. The summed E-state index contributed by atoms with van der Waals surface area (Å²) in [5.74, 6) is 0.538. The molecule has 26 heavy (non-hydrogen) atoms. The van der Waals surface area contributed by atoms with Crippen molar-refractivity contribution in [2.24, 2.45) is 0 Å². The van der Waals surface area contributed by atoms with Crippen LogP contribution in [0.5, 0.6) is 5.75 Å². The molecule has 0 aliphatic carbocycles. The second-order valence-corrected chi connectivity index (χ2v) is 6.32. The van der Waals surface area contributed by atoms with Crippen LogP contribution in [0.15, 0.2) is 72.9 Å². The minimum absolute atomic E-state index is 0.243. The average Bonchev–Trinajstić information content (AvgIpc) is 2.98. The normalized spacial score (nSPS) is 11.0. The molecule has 0 spiro atoms. The van der Waals surface area contributed by atoms with Crippen molar-refractivity contribution in [3.05, 3.63) is 95.6 Å². The summed E-state index contributed by atoms with van der Waals surface area (Å²) in [6, 6.07) is 20.7. The molecule has 0 unspecified atom stereocenters. The molecule has 2 aromatic carbocycles. The van der Waals surface area contributed by atoms with Crippen LogP contribution in [-0.4, -0.2) is 9.55 Å². The number of hydrogen-bond donors (Lipinski definition) is 0. The lowest BCUT2D eigenvalue weighted by Crippen LogP contribution is -2.04. The van der Waals surface area contributed by atoms with Crippen molar-refractivity contribution in [2.45, 2.75) is 20.1 Å². The molecule has 4 heteroatoms. The largest absolute Gasteiger partial charge is 0.487 e. The second-order valence-electron chi connectivity index (χ2n) is 6.32. The molecule has 0 saturated carbocycles. The van der Waals surface area contributed by atoms with Crippen LogP contribution in [0.4, 0.5) is 4.39 Å². The van der Waals surface area contributed by atoms with Crippen LogP contribution in [0.3, 0.4) is 0 Å². The molecule has 4 aromatic rings. The van der Waals surface area contributed by atoms with E-state index >= 15 is 0 Å². The predicted octanol–water partition coefficient (Wildman–Crippen LogP) is 5.11. The molecule has 130 valence electrons. The number of pyridine rings is 1. The van der Waals surface area contributed by atoms with Crippen molar-refractivity contribution in [2.75, 3.05) is 0 Å². The van der Waals surface area contributed by atoms with E-state index in [0.717, 1.165) is 34.6 Å². The molecule has 0 radical (unpaired) electrons. The zero-order valence-corrected chi connectivity index (χ0v) is 14.5. The number of hydrogen-bond acceptors (Lipinski definition) is 2. The molecule has 0 bridgehead atoms. The fourth-order valence-electron chi connectivity index (χ4n) is 3.11. The molecular weight excluding hydrogens is 327 g/mol. The maximum Gasteiger partial charge on any atom is 0.147 e. The van der Waals surface area contributed by atoms with Gasteiger partial charge in [-0.25, -0.2) is 4.39 Å². The Labute approximate surface area is 151 Å². The van der Waals surface area contributed by atoms with Crippen LogP contribution >= 0.6 is 0 Å². The van der Waals surface area contributed by atoms with Gasteiger partial charge in [-0.15, -0.1) is 0 Å². The Morgan fingerprint density at radius 2 is 1.73 bits per heavy atom. The second kappa shape index (κ2) is 7.00. The van der Waals surface area contributed by atoms with Gasteiger partial charge in [0.25, 0.3) is 0 Å². The minimum Gasteiger partial charge on any atom is -0.487 e. The minimum atomic E-state index is -0.243. The van der Waals surface area contributed by atoms with Gasteiger partial charge in [-0.1, -0.05) is 42.5 Å². The summed E-state index contributed by atoms with van der Waals surface area (Å²) in [5, 5.41) is 0. The van der Waals surface area contributed by atoms with E-state index in [1.165, 1.54) is 17.7 Å². The predicted molar refractivity (Wildman–Crippen MR) is 101 cm³/mol. The Bertz CT molecular complexity index is 1020. The highest BCUT2D eigenvalue weighted by molar-refractivity contribution is 5.83. The molecule has 2 aromatic heterocycles. The van der Waals surface area contributed by atoms with Crippen molar-refractivity contribution in [1.29, 1.82) is 0 Å². The van der Waals surface area contributed by atoms with E-state index < -0.39 is 0 Å². The fourth-order valence-corrected chi connectivity index (χ4v) is 3.11. The molecule has 0 amide bonds. The third-order valence-electron chi connectivity index (χ3n) is 4.45. The van der Waals surface area contributed by atoms with Crippen molar-refractivity contribution < 1.29 is 9.13 Å². The van der Waals surface area contributed by atoms with Crippen molar-refractivity contribution in [3.8, 4) is 5.75 Å². The number of aryl methyl sites for hydroxylation is 1. The van der Waals surface area contributed by atoms with Gasteiger partial charge in [0.05, 0.1) is 5.52 Å². The summed E-state index contributed by atoms with van der Waals surface area (Å²) < 4.78 is 21.3.